The third-order valence-electron chi connectivity index (χ3n) is 2.82. The van der Waals surface area contributed by atoms with Gasteiger partial charge in [0, 0.05) is 16.6 Å². The lowest BCUT2D eigenvalue weighted by Crippen LogP contribution is -2.34. The highest BCUT2D eigenvalue weighted by molar-refractivity contribution is 7.88. The topological polar surface area (TPSA) is 52.5 Å². The molecule has 0 saturated heterocycles. The fourth-order valence-corrected chi connectivity index (χ4v) is 3.95. The lowest BCUT2D eigenvalue weighted by Gasteiger charge is -2.26. The summed E-state index contributed by atoms with van der Waals surface area (Å²) in [7, 11) is -2.48. The number of allylic oxidation sites excluding steroid dienone is 4. The Bertz CT molecular complexity index is 531. The van der Waals surface area contributed by atoms with E-state index < -0.39 is 14.5 Å². The molecule has 0 fully saturated rings. The van der Waals surface area contributed by atoms with Gasteiger partial charge in [0.05, 0.1) is 0 Å². The second kappa shape index (κ2) is 5.46. The van der Waals surface area contributed by atoms with Crippen molar-refractivity contribution in [1.29, 1.82) is 0 Å². The van der Waals surface area contributed by atoms with Gasteiger partial charge in [0.25, 0.3) is 0 Å². The van der Waals surface area contributed by atoms with Crippen LogP contribution in [0.25, 0.3) is 5.57 Å². The first-order chi connectivity index (χ1) is 8.54. The van der Waals surface area contributed by atoms with Crippen molar-refractivity contribution in [1.82, 2.24) is 5.09 Å². The Labute approximate surface area is 113 Å². The molecule has 1 aliphatic heterocycles. The SMILES string of the molecule is C/C=C\C1=C(C)NP(Cl)c2cc(B(O)O)ccc21. The lowest BCUT2D eigenvalue weighted by atomic mass is 9.79. The molecule has 1 heterocycles. The number of halogens is 1. The molecule has 2 rings (SSSR count). The summed E-state index contributed by atoms with van der Waals surface area (Å²) in [5, 5.41) is 22.6. The van der Waals surface area contributed by atoms with Crippen LogP contribution in [-0.2, 0) is 0 Å². The number of hydrogen-bond donors (Lipinski definition) is 3. The van der Waals surface area contributed by atoms with Crippen LogP contribution in [0, 0.1) is 0 Å². The van der Waals surface area contributed by atoms with Gasteiger partial charge in [-0.25, -0.2) is 0 Å². The molecule has 1 aromatic carbocycles. The van der Waals surface area contributed by atoms with E-state index in [1.54, 1.807) is 12.1 Å². The van der Waals surface area contributed by atoms with Gasteiger partial charge in [0.2, 0.25) is 0 Å². The highest BCUT2D eigenvalue weighted by Gasteiger charge is 2.24. The van der Waals surface area contributed by atoms with Gasteiger partial charge in [0.15, 0.2) is 0 Å². The normalized spacial score (nSPS) is 18.8. The molecular weight excluding hydrogens is 267 g/mol. The average Bonchev–Trinajstić information content (AvgIpc) is 2.33. The average molecular weight is 281 g/mol. The molecule has 1 atom stereocenters. The van der Waals surface area contributed by atoms with E-state index >= 15 is 0 Å². The number of hydrogen-bond acceptors (Lipinski definition) is 3. The molecule has 3 N–H and O–H groups in total. The second-order valence-electron chi connectivity index (χ2n) is 4.08. The van der Waals surface area contributed by atoms with Crippen molar-refractivity contribution in [3.05, 3.63) is 41.6 Å². The van der Waals surface area contributed by atoms with E-state index in [9.17, 15) is 10.0 Å². The van der Waals surface area contributed by atoms with Crippen LogP contribution in [0.1, 0.15) is 19.4 Å². The first-order valence-corrected chi connectivity index (χ1v) is 7.86. The summed E-state index contributed by atoms with van der Waals surface area (Å²) in [5.41, 5.74) is 3.64. The highest BCUT2D eigenvalue weighted by Crippen LogP contribution is 2.43. The van der Waals surface area contributed by atoms with Crippen molar-refractivity contribution in [3.63, 3.8) is 0 Å². The Morgan fingerprint density at radius 2 is 2.11 bits per heavy atom. The van der Waals surface area contributed by atoms with E-state index in [0.717, 1.165) is 22.1 Å². The molecule has 94 valence electrons. The van der Waals surface area contributed by atoms with E-state index in [1.807, 2.05) is 32.1 Å². The zero-order valence-corrected chi connectivity index (χ0v) is 11.8. The van der Waals surface area contributed by atoms with Crippen LogP contribution in [0.2, 0.25) is 0 Å². The second-order valence-corrected chi connectivity index (χ2v) is 6.36. The maximum atomic E-state index is 9.21. The lowest BCUT2D eigenvalue weighted by molar-refractivity contribution is 0.426. The fourth-order valence-electron chi connectivity index (χ4n) is 1.95. The molecular formula is C12H14BClNO2P. The molecule has 18 heavy (non-hydrogen) atoms. The standard InChI is InChI=1S/C12H14BClNO2P/c1-3-4-10-8(2)15-18(14)12-7-9(13(16)17)5-6-11(10)12/h3-7,15-17H,1-2H3/b4-3-. The summed E-state index contributed by atoms with van der Waals surface area (Å²) in [4.78, 5) is 0. The van der Waals surface area contributed by atoms with Gasteiger partial charge in [-0.15, -0.1) is 0 Å². The van der Waals surface area contributed by atoms with Crippen LogP contribution in [0.4, 0.5) is 0 Å². The minimum atomic E-state index is -1.47. The minimum absolute atomic E-state index is 0.461. The summed E-state index contributed by atoms with van der Waals surface area (Å²) < 4.78 is 0. The van der Waals surface area contributed by atoms with Crippen LogP contribution in [-0.4, -0.2) is 17.2 Å². The quantitative estimate of drug-likeness (QED) is 0.568. The van der Waals surface area contributed by atoms with Gasteiger partial charge in [-0.3, -0.25) is 0 Å². The molecule has 0 spiro atoms. The van der Waals surface area contributed by atoms with Crippen molar-refractivity contribution in [2.75, 3.05) is 0 Å². The summed E-state index contributed by atoms with van der Waals surface area (Å²) in [5.74, 6) is 0. The molecule has 1 unspecified atom stereocenters. The monoisotopic (exact) mass is 281 g/mol. The summed E-state index contributed by atoms with van der Waals surface area (Å²) >= 11 is 6.32. The zero-order valence-electron chi connectivity index (χ0n) is 10.2. The zero-order chi connectivity index (χ0) is 13.3. The first kappa shape index (κ1) is 13.6. The Hall–Kier alpha value is -0.795. The number of rotatable bonds is 2. The molecule has 0 aromatic heterocycles. The van der Waals surface area contributed by atoms with Gasteiger partial charge < -0.3 is 15.1 Å². The highest BCUT2D eigenvalue weighted by atomic mass is 35.7. The third-order valence-corrected chi connectivity index (χ3v) is 4.95. The summed E-state index contributed by atoms with van der Waals surface area (Å²) in [6, 6.07) is 5.36. The van der Waals surface area contributed by atoms with Crippen molar-refractivity contribution >= 4 is 42.1 Å². The number of nitrogens with one attached hydrogen (secondary N) is 1. The van der Waals surface area contributed by atoms with Crippen molar-refractivity contribution in [3.8, 4) is 0 Å². The fraction of sp³-hybridized carbons (Fsp3) is 0.167. The summed E-state index contributed by atoms with van der Waals surface area (Å²) in [6.45, 7) is 3.95. The van der Waals surface area contributed by atoms with Gasteiger partial charge >= 0.3 is 7.12 Å². The largest absolute Gasteiger partial charge is 0.488 e. The van der Waals surface area contributed by atoms with Gasteiger partial charge in [-0.2, -0.15) is 0 Å². The predicted molar refractivity (Wildman–Crippen MR) is 79.2 cm³/mol. The van der Waals surface area contributed by atoms with Gasteiger partial charge in [0.1, 0.15) is 7.43 Å². The number of fused-ring (bicyclic) bond motifs is 1. The molecule has 0 bridgehead atoms. The summed E-state index contributed by atoms with van der Waals surface area (Å²) in [6.07, 6.45) is 4.00. The maximum absolute atomic E-state index is 9.21. The molecule has 6 heteroatoms. The first-order valence-electron chi connectivity index (χ1n) is 5.61. The number of benzene rings is 1. The maximum Gasteiger partial charge on any atom is 0.488 e. The van der Waals surface area contributed by atoms with Crippen LogP contribution in [0.5, 0.6) is 0 Å². The van der Waals surface area contributed by atoms with Crippen LogP contribution in [0.15, 0.2) is 36.0 Å². The van der Waals surface area contributed by atoms with Gasteiger partial charge in [-0.1, -0.05) is 41.6 Å². The van der Waals surface area contributed by atoms with Crippen LogP contribution >= 0.6 is 18.7 Å². The molecule has 3 nitrogen and oxygen atoms in total. The Kier molecular flexibility index (Phi) is 4.13. The predicted octanol–water partition coefficient (Wildman–Crippen LogP) is 1.45. The molecule has 1 aliphatic rings. The Morgan fingerprint density at radius 3 is 2.72 bits per heavy atom. The van der Waals surface area contributed by atoms with Crippen molar-refractivity contribution < 1.29 is 10.0 Å². The third kappa shape index (κ3) is 2.48. The van der Waals surface area contributed by atoms with Crippen molar-refractivity contribution in [2.45, 2.75) is 13.8 Å². The minimum Gasteiger partial charge on any atom is -0.423 e. The molecule has 1 aromatic rings. The van der Waals surface area contributed by atoms with Crippen LogP contribution in [0.3, 0.4) is 0 Å². The molecule has 0 aliphatic carbocycles. The Morgan fingerprint density at radius 1 is 1.39 bits per heavy atom. The molecule has 0 radical (unpaired) electrons. The van der Waals surface area contributed by atoms with E-state index in [1.165, 1.54) is 0 Å². The molecule has 0 saturated carbocycles. The smallest absolute Gasteiger partial charge is 0.423 e. The Balaban J connectivity index is 2.58. The van der Waals surface area contributed by atoms with E-state index in [2.05, 4.69) is 5.09 Å². The van der Waals surface area contributed by atoms with Crippen molar-refractivity contribution in [2.24, 2.45) is 0 Å². The van der Waals surface area contributed by atoms with E-state index in [-0.39, 0.29) is 0 Å². The van der Waals surface area contributed by atoms with E-state index in [0.29, 0.717) is 5.46 Å². The van der Waals surface area contributed by atoms with Gasteiger partial charge in [-0.05, 0) is 24.9 Å². The van der Waals surface area contributed by atoms with E-state index in [4.69, 9.17) is 11.2 Å². The molecule has 0 amide bonds. The van der Waals surface area contributed by atoms with Crippen LogP contribution < -0.4 is 15.9 Å².